The van der Waals surface area contributed by atoms with Gasteiger partial charge in [-0.05, 0) is 56.6 Å². The van der Waals surface area contributed by atoms with Gasteiger partial charge in [0, 0.05) is 25.4 Å². The zero-order valence-corrected chi connectivity index (χ0v) is 25.8. The summed E-state index contributed by atoms with van der Waals surface area (Å²) in [7, 11) is -3.93. The maximum absolute atomic E-state index is 13.9. The fraction of sp³-hybridized carbons (Fsp3) is 0.613. The number of amides is 4. The van der Waals surface area contributed by atoms with Gasteiger partial charge in [0.2, 0.25) is 21.8 Å². The summed E-state index contributed by atoms with van der Waals surface area (Å²) in [6.07, 6.45) is 7.40. The van der Waals surface area contributed by atoms with Gasteiger partial charge in [0.05, 0.1) is 17.3 Å². The van der Waals surface area contributed by atoms with Crippen LogP contribution in [0.3, 0.4) is 0 Å². The van der Waals surface area contributed by atoms with E-state index in [1.54, 1.807) is 11.8 Å². The first-order valence-electron chi connectivity index (χ1n) is 15.6. The highest BCUT2D eigenvalue weighted by atomic mass is 32.2. The minimum absolute atomic E-state index is 0.00753. The Labute approximate surface area is 257 Å². The standard InChI is InChI=1S/C31H41N5O7S/c1-30(13-14-30)44(41,42)34-28(39)31-16-22(31)11-5-3-2-4-6-12-24(32)27(38)36-19-23(15-25(36)26(37)33-31)43-29(40)35-17-20-9-7-8-10-21(20)18-35/h5,7-11,22-25H,2-4,6,12-19,32H2,1H3,(H,33,37)(H,34,39)/b11-5-/t22-,23+,24-,25-,31+/m0/s1. The lowest BCUT2D eigenvalue weighted by molar-refractivity contribution is -0.140. The van der Waals surface area contributed by atoms with Gasteiger partial charge in [-0.15, -0.1) is 0 Å². The first kappa shape index (κ1) is 30.6. The largest absolute Gasteiger partial charge is 0.444 e. The molecule has 0 aromatic heterocycles. The van der Waals surface area contributed by atoms with Gasteiger partial charge < -0.3 is 20.7 Å². The first-order chi connectivity index (χ1) is 20.9. The molecule has 1 aromatic rings. The number of sulfonamides is 1. The molecule has 238 valence electrons. The second-order valence-corrected chi connectivity index (χ2v) is 15.4. The van der Waals surface area contributed by atoms with E-state index in [-0.39, 0.29) is 19.4 Å². The third-order valence-electron chi connectivity index (χ3n) is 9.88. The Morgan fingerprint density at radius 2 is 1.80 bits per heavy atom. The number of carbonyl (C=O) groups is 4. The Balaban J connectivity index is 1.21. The Morgan fingerprint density at radius 1 is 1.09 bits per heavy atom. The number of benzene rings is 1. The molecular weight excluding hydrogens is 586 g/mol. The van der Waals surface area contributed by atoms with Crippen molar-refractivity contribution in [1.29, 1.82) is 0 Å². The summed E-state index contributed by atoms with van der Waals surface area (Å²) in [6, 6.07) is 5.88. The van der Waals surface area contributed by atoms with E-state index in [2.05, 4.69) is 10.0 Å². The van der Waals surface area contributed by atoms with E-state index in [1.807, 2.05) is 36.4 Å². The van der Waals surface area contributed by atoms with E-state index >= 15 is 0 Å². The molecule has 13 heteroatoms. The van der Waals surface area contributed by atoms with Crippen LogP contribution in [0.15, 0.2) is 36.4 Å². The molecule has 4 amide bonds. The molecular formula is C31H41N5O7S. The minimum Gasteiger partial charge on any atom is -0.444 e. The monoisotopic (exact) mass is 627 g/mol. The topological polar surface area (TPSA) is 168 Å². The van der Waals surface area contributed by atoms with Crippen LogP contribution in [-0.2, 0) is 42.2 Å². The maximum atomic E-state index is 13.9. The van der Waals surface area contributed by atoms with Crippen LogP contribution in [0.1, 0.15) is 75.8 Å². The lowest BCUT2D eigenvalue weighted by Crippen LogP contribution is -2.58. The van der Waals surface area contributed by atoms with Crippen LogP contribution in [0, 0.1) is 5.92 Å². The average Bonchev–Trinajstić information content (AvgIpc) is 3.78. The molecule has 3 fully saturated rings. The molecule has 12 nitrogen and oxygen atoms in total. The molecule has 5 atom stereocenters. The van der Waals surface area contributed by atoms with Crippen LogP contribution < -0.4 is 15.8 Å². The van der Waals surface area contributed by atoms with Crippen LogP contribution in [0.5, 0.6) is 0 Å². The Morgan fingerprint density at radius 3 is 2.48 bits per heavy atom. The Kier molecular flexibility index (Phi) is 7.98. The Hall–Kier alpha value is -3.45. The van der Waals surface area contributed by atoms with Crippen molar-refractivity contribution >= 4 is 33.8 Å². The predicted octanol–water partition coefficient (Wildman–Crippen LogP) is 1.83. The smallest absolute Gasteiger partial charge is 0.410 e. The van der Waals surface area contributed by atoms with Crippen molar-refractivity contribution < 1.29 is 32.3 Å². The number of allylic oxidation sites excluding steroid dienone is 1. The second-order valence-electron chi connectivity index (χ2n) is 13.2. The van der Waals surface area contributed by atoms with E-state index in [4.69, 9.17) is 10.5 Å². The minimum atomic E-state index is -3.93. The third-order valence-corrected chi connectivity index (χ3v) is 12.0. The molecule has 2 aliphatic carbocycles. The normalized spacial score (nSPS) is 32.2. The lowest BCUT2D eigenvalue weighted by Gasteiger charge is -2.28. The molecule has 3 aliphatic heterocycles. The summed E-state index contributed by atoms with van der Waals surface area (Å²) in [5, 5.41) is 2.83. The summed E-state index contributed by atoms with van der Waals surface area (Å²) in [6.45, 7) is 2.40. The molecule has 0 bridgehead atoms. The van der Waals surface area contributed by atoms with E-state index in [0.29, 0.717) is 32.4 Å². The van der Waals surface area contributed by atoms with Gasteiger partial charge in [-0.2, -0.15) is 0 Å². The van der Waals surface area contributed by atoms with Gasteiger partial charge in [-0.1, -0.05) is 49.3 Å². The van der Waals surface area contributed by atoms with Crippen LogP contribution in [0.4, 0.5) is 4.79 Å². The van der Waals surface area contributed by atoms with Crippen molar-refractivity contribution in [3.05, 3.63) is 47.5 Å². The highest BCUT2D eigenvalue weighted by Gasteiger charge is 2.63. The number of fused-ring (bicyclic) bond motifs is 3. The summed E-state index contributed by atoms with van der Waals surface area (Å²) >= 11 is 0. The lowest BCUT2D eigenvalue weighted by atomic mass is 10.1. The van der Waals surface area contributed by atoms with E-state index in [1.165, 1.54) is 4.90 Å². The van der Waals surface area contributed by atoms with Gasteiger partial charge >= 0.3 is 6.09 Å². The quantitative estimate of drug-likeness (QED) is 0.425. The van der Waals surface area contributed by atoms with Gasteiger partial charge in [-0.25, -0.2) is 13.2 Å². The Bertz CT molecular complexity index is 1470. The molecule has 0 unspecified atom stereocenters. The second kappa shape index (κ2) is 11.5. The van der Waals surface area contributed by atoms with Crippen LogP contribution in [0.2, 0.25) is 0 Å². The molecule has 0 radical (unpaired) electrons. The fourth-order valence-electron chi connectivity index (χ4n) is 6.52. The van der Waals surface area contributed by atoms with Crippen molar-refractivity contribution in [3.63, 3.8) is 0 Å². The van der Waals surface area contributed by atoms with Crippen molar-refractivity contribution in [2.24, 2.45) is 11.7 Å². The van der Waals surface area contributed by atoms with E-state index in [0.717, 1.165) is 36.8 Å². The molecule has 4 N–H and O–H groups in total. The highest BCUT2D eigenvalue weighted by molar-refractivity contribution is 7.91. The fourth-order valence-corrected chi connectivity index (χ4v) is 7.83. The molecule has 1 saturated heterocycles. The molecule has 3 heterocycles. The van der Waals surface area contributed by atoms with Gasteiger partial charge in [-0.3, -0.25) is 24.0 Å². The third kappa shape index (κ3) is 5.83. The number of carbonyl (C=O) groups excluding carboxylic acids is 4. The number of rotatable bonds is 4. The summed E-state index contributed by atoms with van der Waals surface area (Å²) < 4.78 is 32.9. The molecule has 44 heavy (non-hydrogen) atoms. The molecule has 2 saturated carbocycles. The van der Waals surface area contributed by atoms with Crippen LogP contribution in [0.25, 0.3) is 0 Å². The summed E-state index contributed by atoms with van der Waals surface area (Å²) in [5.74, 6) is -2.19. The number of ether oxygens (including phenoxy) is 1. The van der Waals surface area contributed by atoms with Crippen molar-refractivity contribution in [1.82, 2.24) is 19.8 Å². The summed E-state index contributed by atoms with van der Waals surface area (Å²) in [5.41, 5.74) is 6.92. The number of hydrogen-bond donors (Lipinski definition) is 3. The molecule has 5 aliphatic rings. The SMILES string of the molecule is CC1(S(=O)(=O)NC(=O)[C@@]23C[C@@H]2/C=C\CCCCC[C@H](N)C(=O)N2C[C@H](OC(=O)N4Cc5ccccc5C4)C[C@H]2C(=O)N3)CC1. The molecule has 0 spiro atoms. The zero-order valence-electron chi connectivity index (χ0n) is 25.0. The molecule has 1 aromatic carbocycles. The van der Waals surface area contributed by atoms with Crippen molar-refractivity contribution in [2.75, 3.05) is 6.54 Å². The van der Waals surface area contributed by atoms with Gasteiger partial charge in [0.1, 0.15) is 17.7 Å². The number of nitrogens with two attached hydrogens (primary N) is 1. The van der Waals surface area contributed by atoms with Gasteiger partial charge in [0.25, 0.3) is 5.91 Å². The van der Waals surface area contributed by atoms with Crippen LogP contribution in [-0.4, -0.2) is 77.1 Å². The predicted molar refractivity (Wildman–Crippen MR) is 160 cm³/mol. The first-order valence-corrected chi connectivity index (χ1v) is 17.0. The van der Waals surface area contributed by atoms with Crippen molar-refractivity contribution in [3.8, 4) is 0 Å². The summed E-state index contributed by atoms with van der Waals surface area (Å²) in [4.78, 5) is 57.0. The number of hydrogen-bond acceptors (Lipinski definition) is 8. The van der Waals surface area contributed by atoms with Crippen LogP contribution >= 0.6 is 0 Å². The number of nitrogens with zero attached hydrogens (tertiary/aromatic N) is 2. The van der Waals surface area contributed by atoms with E-state index < -0.39 is 68.2 Å². The molecule has 6 rings (SSSR count). The highest BCUT2D eigenvalue weighted by Crippen LogP contribution is 2.47. The maximum Gasteiger partial charge on any atom is 0.410 e. The van der Waals surface area contributed by atoms with E-state index in [9.17, 15) is 27.6 Å². The van der Waals surface area contributed by atoms with Gasteiger partial charge in [0.15, 0.2) is 0 Å². The average molecular weight is 628 g/mol. The zero-order chi connectivity index (χ0) is 31.3. The van der Waals surface area contributed by atoms with Crippen molar-refractivity contribution in [2.45, 2.75) is 106 Å². The number of nitrogens with one attached hydrogen (secondary N) is 2.